The highest BCUT2D eigenvalue weighted by Crippen LogP contribution is 2.35. The number of amides is 3. The van der Waals surface area contributed by atoms with Gasteiger partial charge >= 0.3 is 6.03 Å². The summed E-state index contributed by atoms with van der Waals surface area (Å²) in [7, 11) is 1.79. The summed E-state index contributed by atoms with van der Waals surface area (Å²) >= 11 is 2.28. The van der Waals surface area contributed by atoms with Gasteiger partial charge in [-0.2, -0.15) is 5.10 Å². The number of aryl methyl sites for hydroxylation is 1. The largest absolute Gasteiger partial charge is 0.324 e. The van der Waals surface area contributed by atoms with Crippen LogP contribution in [0.25, 0.3) is 5.69 Å². The number of alkyl halides is 1. The fraction of sp³-hybridized carbons (Fsp3) is 0.160. The Balaban J connectivity index is 1.36. The van der Waals surface area contributed by atoms with Gasteiger partial charge < -0.3 is 15.5 Å². The van der Waals surface area contributed by atoms with Crippen LogP contribution in [0.5, 0.6) is 0 Å². The number of carbonyl (C=O) groups is 2. The van der Waals surface area contributed by atoms with E-state index in [1.807, 2.05) is 24.3 Å². The fourth-order valence-electron chi connectivity index (χ4n) is 4.14. The maximum Gasteiger partial charge on any atom is 0.323 e. The van der Waals surface area contributed by atoms with Gasteiger partial charge in [0.25, 0.3) is 11.5 Å². The van der Waals surface area contributed by atoms with Crippen molar-refractivity contribution < 1.29 is 9.59 Å². The van der Waals surface area contributed by atoms with E-state index in [-0.39, 0.29) is 24.0 Å². The van der Waals surface area contributed by atoms with Gasteiger partial charge in [-0.3, -0.25) is 23.8 Å². The van der Waals surface area contributed by atoms with E-state index >= 15 is 0 Å². The molecule has 5 rings (SSSR count). The molecule has 2 aromatic carbocycles. The summed E-state index contributed by atoms with van der Waals surface area (Å²) in [6.45, 7) is 0.255. The van der Waals surface area contributed by atoms with E-state index < -0.39 is 6.04 Å². The average Bonchev–Trinajstić information content (AvgIpc) is 3.45. The highest BCUT2D eigenvalue weighted by molar-refractivity contribution is 14.1. The summed E-state index contributed by atoms with van der Waals surface area (Å²) in [5, 5.41) is 10.1. The van der Waals surface area contributed by atoms with Gasteiger partial charge in [0.1, 0.15) is 6.04 Å². The second-order valence-electron chi connectivity index (χ2n) is 8.28. The van der Waals surface area contributed by atoms with Crippen LogP contribution in [-0.4, -0.2) is 36.2 Å². The van der Waals surface area contributed by atoms with Crippen LogP contribution in [0.1, 0.15) is 22.9 Å². The lowest BCUT2D eigenvalue weighted by molar-refractivity contribution is -0.120. The summed E-state index contributed by atoms with van der Waals surface area (Å²) in [6, 6.07) is 13.3. The van der Waals surface area contributed by atoms with Crippen molar-refractivity contribution in [1.29, 1.82) is 0 Å². The van der Waals surface area contributed by atoms with E-state index in [0.29, 0.717) is 22.6 Å². The second kappa shape index (κ2) is 9.93. The molecule has 2 aromatic heterocycles. The Kier molecular flexibility index (Phi) is 6.55. The van der Waals surface area contributed by atoms with Gasteiger partial charge in [0.2, 0.25) is 0 Å². The Bertz CT molecular complexity index is 1480. The van der Waals surface area contributed by atoms with E-state index in [1.54, 1.807) is 48.4 Å². The lowest BCUT2D eigenvalue weighted by Gasteiger charge is -2.25. The molecular weight excluding hydrogens is 573 g/mol. The van der Waals surface area contributed by atoms with Crippen LogP contribution in [0.3, 0.4) is 0 Å². The molecule has 0 radical (unpaired) electrons. The molecule has 4 aromatic rings. The molecule has 0 aliphatic carbocycles. The molecule has 36 heavy (non-hydrogen) atoms. The maximum atomic E-state index is 13.4. The zero-order valence-electron chi connectivity index (χ0n) is 19.3. The van der Waals surface area contributed by atoms with Gasteiger partial charge in [-0.1, -0.05) is 34.7 Å². The van der Waals surface area contributed by atoms with E-state index in [1.165, 1.54) is 21.9 Å². The summed E-state index contributed by atoms with van der Waals surface area (Å²) in [4.78, 5) is 44.0. The molecule has 10 nitrogen and oxygen atoms in total. The van der Waals surface area contributed by atoms with Crippen LogP contribution in [0.4, 0.5) is 16.2 Å². The number of anilines is 2. The second-order valence-corrected chi connectivity index (χ2v) is 9.04. The Labute approximate surface area is 220 Å². The van der Waals surface area contributed by atoms with E-state index in [9.17, 15) is 14.4 Å². The van der Waals surface area contributed by atoms with Crippen molar-refractivity contribution in [2.45, 2.75) is 17.0 Å². The van der Waals surface area contributed by atoms with Crippen LogP contribution in [0.2, 0.25) is 0 Å². The number of aromatic nitrogens is 4. The van der Waals surface area contributed by atoms with Gasteiger partial charge in [0, 0.05) is 46.5 Å². The van der Waals surface area contributed by atoms with Gasteiger partial charge in [0.05, 0.1) is 24.6 Å². The first kappa shape index (κ1) is 23.7. The highest BCUT2D eigenvalue weighted by atomic mass is 127. The number of urea groups is 1. The molecule has 182 valence electrons. The van der Waals surface area contributed by atoms with Gasteiger partial charge in [-0.25, -0.2) is 4.79 Å². The smallest absolute Gasteiger partial charge is 0.323 e. The molecule has 0 fully saturated rings. The van der Waals surface area contributed by atoms with Crippen molar-refractivity contribution in [1.82, 2.24) is 24.2 Å². The van der Waals surface area contributed by atoms with Crippen molar-refractivity contribution in [2.75, 3.05) is 10.6 Å². The molecule has 1 aliphatic heterocycles. The maximum absolute atomic E-state index is 13.4. The van der Waals surface area contributed by atoms with Gasteiger partial charge in [-0.15, -0.1) is 0 Å². The number of carbonyl (C=O) groups excluding carboxylic acids is 2. The number of hydrogen-bond acceptors (Lipinski definition) is 5. The third kappa shape index (κ3) is 4.61. The minimum Gasteiger partial charge on any atom is -0.324 e. The zero-order chi connectivity index (χ0) is 25.2. The first-order chi connectivity index (χ1) is 17.4. The lowest BCUT2D eigenvalue weighted by atomic mass is 10.1. The predicted molar refractivity (Wildman–Crippen MR) is 143 cm³/mol. The minimum absolute atomic E-state index is 0.255. The Morgan fingerprint density at radius 3 is 2.42 bits per heavy atom. The number of nitrogens with one attached hydrogen (secondary N) is 2. The van der Waals surface area contributed by atoms with Crippen LogP contribution >= 0.6 is 22.6 Å². The molecule has 2 N–H and O–H groups in total. The van der Waals surface area contributed by atoms with Crippen LogP contribution in [0.15, 0.2) is 78.1 Å². The molecule has 3 amide bonds. The van der Waals surface area contributed by atoms with Crippen molar-refractivity contribution >= 4 is 45.9 Å². The van der Waals surface area contributed by atoms with Crippen LogP contribution in [0, 0.1) is 0 Å². The number of benzene rings is 2. The highest BCUT2D eigenvalue weighted by Gasteiger charge is 2.41. The van der Waals surface area contributed by atoms with Crippen molar-refractivity contribution in [3.63, 3.8) is 0 Å². The summed E-state index contributed by atoms with van der Waals surface area (Å²) in [5.74, 6) is -0.356. The summed E-state index contributed by atoms with van der Waals surface area (Å²) in [5.41, 5.74) is 4.23. The Morgan fingerprint density at radius 2 is 1.72 bits per heavy atom. The third-order valence-electron chi connectivity index (χ3n) is 6.03. The molecule has 0 bridgehead atoms. The molecule has 1 aliphatic rings. The normalized spacial score (nSPS) is 14.4. The standard InChI is InChI=1S/C25H22IN7O3/c1-31-21-15-33(25(36)30-18-4-2-16(12-26)3-5-18)23(20(21)13-28-31)24(35)29-17-6-8-19(9-7-17)32-11-10-27-14-22(32)34/h2-11,13-14,23H,12,15H2,1H3,(H,29,35)(H,30,36)/t23-/m1/s1. The molecule has 11 heteroatoms. The Hall–Kier alpha value is -4.00. The number of nitrogens with zero attached hydrogens (tertiary/aromatic N) is 5. The molecule has 0 saturated carbocycles. The minimum atomic E-state index is -0.843. The molecular formula is C25H22IN7O3. The Morgan fingerprint density at radius 1 is 1.03 bits per heavy atom. The molecule has 3 heterocycles. The third-order valence-corrected chi connectivity index (χ3v) is 6.91. The van der Waals surface area contributed by atoms with Crippen LogP contribution < -0.4 is 16.2 Å². The molecule has 0 unspecified atom stereocenters. The van der Waals surface area contributed by atoms with Crippen LogP contribution in [-0.2, 0) is 22.8 Å². The average molecular weight is 595 g/mol. The van der Waals surface area contributed by atoms with E-state index in [2.05, 4.69) is 43.3 Å². The zero-order valence-corrected chi connectivity index (χ0v) is 21.4. The van der Waals surface area contributed by atoms with Crippen molar-refractivity contribution in [2.24, 2.45) is 7.05 Å². The lowest BCUT2D eigenvalue weighted by Crippen LogP contribution is -2.39. The van der Waals surface area contributed by atoms with Gasteiger partial charge in [-0.05, 0) is 42.0 Å². The number of halogens is 1. The van der Waals surface area contributed by atoms with E-state index in [4.69, 9.17) is 0 Å². The number of hydrogen-bond donors (Lipinski definition) is 2. The first-order valence-electron chi connectivity index (χ1n) is 11.1. The predicted octanol–water partition coefficient (Wildman–Crippen LogP) is 3.63. The van der Waals surface area contributed by atoms with Gasteiger partial charge in [0.15, 0.2) is 0 Å². The topological polar surface area (TPSA) is 114 Å². The monoisotopic (exact) mass is 595 g/mol. The van der Waals surface area contributed by atoms with E-state index in [0.717, 1.165) is 15.7 Å². The number of rotatable bonds is 5. The summed E-state index contributed by atoms with van der Waals surface area (Å²) < 4.78 is 4.01. The van der Waals surface area contributed by atoms with Crippen molar-refractivity contribution in [3.05, 3.63) is 100 Å². The fourth-order valence-corrected chi connectivity index (χ4v) is 4.65. The molecule has 0 saturated heterocycles. The first-order valence-corrected chi connectivity index (χ1v) is 12.6. The SMILES string of the molecule is Cn1ncc2c1CN(C(=O)Nc1ccc(CI)cc1)[C@H]2C(=O)Nc1ccc(-n2ccncc2=O)cc1. The quantitative estimate of drug-likeness (QED) is 0.270. The van der Waals surface area contributed by atoms with Crippen molar-refractivity contribution in [3.8, 4) is 5.69 Å². The molecule has 0 spiro atoms. The molecule has 1 atom stereocenters. The summed E-state index contributed by atoms with van der Waals surface area (Å²) in [6.07, 6.45) is 5.96. The number of fused-ring (bicyclic) bond motifs is 1.